The summed E-state index contributed by atoms with van der Waals surface area (Å²) < 4.78 is 0. The van der Waals surface area contributed by atoms with Gasteiger partial charge in [0.15, 0.2) is 5.96 Å². The van der Waals surface area contributed by atoms with E-state index >= 15 is 0 Å². The molecule has 2 N–H and O–H groups in total. The number of aliphatic imine (C=N–C) groups is 1. The Balaban J connectivity index is 1.65. The largest absolute Gasteiger partial charge is 0.357 e. The Morgan fingerprint density at radius 2 is 2.12 bits per heavy atom. The summed E-state index contributed by atoms with van der Waals surface area (Å²) >= 11 is 1.77. The molecule has 142 valence electrons. The predicted octanol–water partition coefficient (Wildman–Crippen LogP) is 3.20. The summed E-state index contributed by atoms with van der Waals surface area (Å²) in [5.74, 6) is 0.927. The van der Waals surface area contributed by atoms with Crippen LogP contribution in [0, 0.1) is 6.92 Å². The van der Waals surface area contributed by atoms with Gasteiger partial charge in [0.25, 0.3) is 0 Å². The van der Waals surface area contributed by atoms with E-state index in [1.54, 1.807) is 11.3 Å². The van der Waals surface area contributed by atoms with Gasteiger partial charge >= 0.3 is 0 Å². The topological polar surface area (TPSA) is 52.6 Å². The number of rotatable bonds is 9. The second kappa shape index (κ2) is 11.5. The minimum absolute atomic E-state index is 0.797. The molecule has 1 saturated carbocycles. The molecule has 0 radical (unpaired) electrons. The van der Waals surface area contributed by atoms with Crippen LogP contribution in [-0.4, -0.2) is 55.1 Å². The standard InChI is InChI=1S/C19H35N5S/c1-4-20-19(22-13-11-18-23-15-16(2)25-18)21-12-8-14-24(3)17-9-6-5-7-10-17/h15,17H,4-14H2,1-3H3,(H2,20,21,22). The summed E-state index contributed by atoms with van der Waals surface area (Å²) in [5.41, 5.74) is 0. The average Bonchev–Trinajstić information content (AvgIpc) is 3.04. The molecular weight excluding hydrogens is 330 g/mol. The molecule has 5 nitrogen and oxygen atoms in total. The first-order chi connectivity index (χ1) is 12.2. The lowest BCUT2D eigenvalue weighted by atomic mass is 9.94. The van der Waals surface area contributed by atoms with Gasteiger partial charge in [-0.15, -0.1) is 11.3 Å². The highest BCUT2D eigenvalue weighted by molar-refractivity contribution is 7.11. The van der Waals surface area contributed by atoms with Crippen LogP contribution < -0.4 is 10.6 Å². The number of nitrogens with zero attached hydrogens (tertiary/aromatic N) is 3. The molecule has 2 rings (SSSR count). The molecule has 0 atom stereocenters. The molecule has 1 aromatic heterocycles. The summed E-state index contributed by atoms with van der Waals surface area (Å²) in [4.78, 5) is 12.9. The molecule has 0 aliphatic heterocycles. The first-order valence-electron chi connectivity index (χ1n) is 9.82. The third kappa shape index (κ3) is 7.74. The molecule has 1 aliphatic rings. The highest BCUT2D eigenvalue weighted by Gasteiger charge is 2.17. The van der Waals surface area contributed by atoms with E-state index in [1.807, 2.05) is 6.20 Å². The number of thiazole rings is 1. The van der Waals surface area contributed by atoms with Crippen molar-refractivity contribution in [1.29, 1.82) is 0 Å². The molecule has 0 spiro atoms. The molecule has 1 aliphatic carbocycles. The lowest BCUT2D eigenvalue weighted by molar-refractivity contribution is 0.191. The van der Waals surface area contributed by atoms with E-state index in [9.17, 15) is 0 Å². The SMILES string of the molecule is CCNC(=NCCCN(C)C1CCCCC1)NCCc1ncc(C)s1. The second-order valence-corrected chi connectivity index (χ2v) is 8.25. The zero-order valence-corrected chi connectivity index (χ0v) is 17.0. The molecule has 0 amide bonds. The molecule has 0 aromatic carbocycles. The summed E-state index contributed by atoms with van der Waals surface area (Å²) in [7, 11) is 2.28. The van der Waals surface area contributed by atoms with Gasteiger partial charge < -0.3 is 15.5 Å². The maximum Gasteiger partial charge on any atom is 0.191 e. The van der Waals surface area contributed by atoms with Gasteiger partial charge in [-0.05, 0) is 46.7 Å². The van der Waals surface area contributed by atoms with Crippen molar-refractivity contribution in [3.8, 4) is 0 Å². The monoisotopic (exact) mass is 365 g/mol. The van der Waals surface area contributed by atoms with Crippen molar-refractivity contribution in [2.24, 2.45) is 4.99 Å². The quantitative estimate of drug-likeness (QED) is 0.401. The Kier molecular flexibility index (Phi) is 9.26. The van der Waals surface area contributed by atoms with Crippen molar-refractivity contribution in [2.45, 2.75) is 64.8 Å². The van der Waals surface area contributed by atoms with Gasteiger partial charge in [-0.25, -0.2) is 4.98 Å². The molecular formula is C19H35N5S. The van der Waals surface area contributed by atoms with E-state index in [-0.39, 0.29) is 0 Å². The number of guanidine groups is 1. The van der Waals surface area contributed by atoms with Crippen LogP contribution in [0.2, 0.25) is 0 Å². The van der Waals surface area contributed by atoms with Gasteiger partial charge in [-0.2, -0.15) is 0 Å². The Morgan fingerprint density at radius 3 is 2.80 bits per heavy atom. The van der Waals surface area contributed by atoms with Gasteiger partial charge in [0.2, 0.25) is 0 Å². The fourth-order valence-corrected chi connectivity index (χ4v) is 4.15. The molecule has 0 bridgehead atoms. The zero-order chi connectivity index (χ0) is 17.9. The van der Waals surface area contributed by atoms with Gasteiger partial charge in [0.05, 0.1) is 5.01 Å². The lowest BCUT2D eigenvalue weighted by Crippen LogP contribution is -2.38. The minimum atomic E-state index is 0.797. The van der Waals surface area contributed by atoms with E-state index < -0.39 is 0 Å². The van der Waals surface area contributed by atoms with Crippen molar-refractivity contribution in [2.75, 3.05) is 33.2 Å². The van der Waals surface area contributed by atoms with Crippen LogP contribution in [0.15, 0.2) is 11.2 Å². The average molecular weight is 366 g/mol. The van der Waals surface area contributed by atoms with Crippen LogP contribution in [0.3, 0.4) is 0 Å². The number of aryl methyl sites for hydroxylation is 1. The molecule has 0 unspecified atom stereocenters. The fraction of sp³-hybridized carbons (Fsp3) is 0.789. The first kappa shape index (κ1) is 20.2. The molecule has 6 heteroatoms. The van der Waals surface area contributed by atoms with Crippen molar-refractivity contribution in [3.05, 3.63) is 16.1 Å². The minimum Gasteiger partial charge on any atom is -0.357 e. The van der Waals surface area contributed by atoms with Crippen molar-refractivity contribution in [1.82, 2.24) is 20.5 Å². The van der Waals surface area contributed by atoms with Crippen LogP contribution in [0.4, 0.5) is 0 Å². The fourth-order valence-electron chi connectivity index (χ4n) is 3.36. The highest BCUT2D eigenvalue weighted by atomic mass is 32.1. The molecule has 25 heavy (non-hydrogen) atoms. The number of nitrogens with one attached hydrogen (secondary N) is 2. The Labute approximate surface area is 157 Å². The maximum absolute atomic E-state index is 4.72. The Bertz CT molecular complexity index is 508. The van der Waals surface area contributed by atoms with Gasteiger partial charge in [-0.1, -0.05) is 19.3 Å². The highest BCUT2D eigenvalue weighted by Crippen LogP contribution is 2.21. The summed E-state index contributed by atoms with van der Waals surface area (Å²) in [5, 5.41) is 7.95. The number of hydrogen-bond acceptors (Lipinski definition) is 4. The van der Waals surface area contributed by atoms with Crippen molar-refractivity contribution in [3.63, 3.8) is 0 Å². The molecule has 1 fully saturated rings. The number of hydrogen-bond donors (Lipinski definition) is 2. The summed E-state index contributed by atoms with van der Waals surface area (Å²) in [6, 6.07) is 0.797. The van der Waals surface area contributed by atoms with E-state index in [2.05, 4.69) is 41.4 Å². The number of aromatic nitrogens is 1. The summed E-state index contributed by atoms with van der Waals surface area (Å²) in [6.45, 7) is 8.00. The Hall–Kier alpha value is -1.14. The normalized spacial score (nSPS) is 16.4. The molecule has 1 heterocycles. The van der Waals surface area contributed by atoms with Crippen LogP contribution in [-0.2, 0) is 6.42 Å². The van der Waals surface area contributed by atoms with E-state index in [1.165, 1.54) is 42.0 Å². The maximum atomic E-state index is 4.72. The van der Waals surface area contributed by atoms with Crippen LogP contribution in [0.1, 0.15) is 55.3 Å². The third-order valence-corrected chi connectivity index (χ3v) is 5.75. The van der Waals surface area contributed by atoms with E-state index in [0.717, 1.165) is 51.0 Å². The van der Waals surface area contributed by atoms with E-state index in [0.29, 0.717) is 0 Å². The van der Waals surface area contributed by atoms with E-state index in [4.69, 9.17) is 4.99 Å². The van der Waals surface area contributed by atoms with Gasteiger partial charge in [-0.3, -0.25) is 4.99 Å². The van der Waals surface area contributed by atoms with Gasteiger partial charge in [0, 0.05) is 43.2 Å². The van der Waals surface area contributed by atoms with Crippen molar-refractivity contribution < 1.29 is 0 Å². The second-order valence-electron chi connectivity index (χ2n) is 6.93. The van der Waals surface area contributed by atoms with Crippen LogP contribution in [0.25, 0.3) is 0 Å². The Morgan fingerprint density at radius 1 is 1.32 bits per heavy atom. The molecule has 0 saturated heterocycles. The lowest BCUT2D eigenvalue weighted by Gasteiger charge is -2.31. The predicted molar refractivity (Wildman–Crippen MR) is 109 cm³/mol. The first-order valence-corrected chi connectivity index (χ1v) is 10.6. The zero-order valence-electron chi connectivity index (χ0n) is 16.2. The van der Waals surface area contributed by atoms with Crippen LogP contribution in [0.5, 0.6) is 0 Å². The summed E-state index contributed by atoms with van der Waals surface area (Å²) in [6.07, 6.45) is 11.0. The van der Waals surface area contributed by atoms with Crippen LogP contribution >= 0.6 is 11.3 Å². The third-order valence-electron chi connectivity index (χ3n) is 4.78. The van der Waals surface area contributed by atoms with Crippen molar-refractivity contribution >= 4 is 17.3 Å². The van der Waals surface area contributed by atoms with Gasteiger partial charge in [0.1, 0.15) is 0 Å². The smallest absolute Gasteiger partial charge is 0.191 e. The molecule has 1 aromatic rings.